The smallest absolute Gasteiger partial charge is 0.292 e. The molecule has 0 unspecified atom stereocenters. The number of nitrogens with two attached hydrogens (primary N) is 1. The molecule has 0 atom stereocenters. The summed E-state index contributed by atoms with van der Waals surface area (Å²) in [6, 6.07) is 9.53. The number of nitrogens with one attached hydrogen (secondary N) is 1. The lowest BCUT2D eigenvalue weighted by Crippen LogP contribution is -2.26. The van der Waals surface area contributed by atoms with Gasteiger partial charge in [-0.1, -0.05) is 6.07 Å². The van der Waals surface area contributed by atoms with Crippen molar-refractivity contribution in [2.45, 2.75) is 6.42 Å². The molecule has 122 valence electrons. The normalized spacial score (nSPS) is 10.7. The van der Waals surface area contributed by atoms with E-state index in [-0.39, 0.29) is 16.9 Å². The summed E-state index contributed by atoms with van der Waals surface area (Å²) in [6.45, 7) is 0.326. The Labute approximate surface area is 136 Å². The van der Waals surface area contributed by atoms with Gasteiger partial charge in [-0.05, 0) is 24.3 Å². The lowest BCUT2D eigenvalue weighted by Gasteiger charge is -2.05. The number of nitrogens with zero attached hydrogens (tertiary/aromatic N) is 4. The molecule has 0 aliphatic rings. The number of benzene rings is 1. The van der Waals surface area contributed by atoms with Crippen molar-refractivity contribution in [3.63, 3.8) is 0 Å². The summed E-state index contributed by atoms with van der Waals surface area (Å²) in [5.74, 6) is 0.307. The topological polar surface area (TPSA) is 128 Å². The standard InChI is InChI=1S/C15H14N6O3/c16-11-5-4-10(9-12(11)21(23)24)15(22)17-7-6-14-19-18-13-3-1-2-8-20(13)14/h1-5,8-9H,6-7,16H2,(H,17,22). The number of nitro benzene ring substituents is 1. The number of carbonyl (C=O) groups is 1. The van der Waals surface area contributed by atoms with E-state index in [9.17, 15) is 14.9 Å². The van der Waals surface area contributed by atoms with Crippen molar-refractivity contribution in [2.24, 2.45) is 0 Å². The first-order chi connectivity index (χ1) is 11.6. The predicted molar refractivity (Wildman–Crippen MR) is 86.5 cm³/mol. The Hall–Kier alpha value is -3.49. The first kappa shape index (κ1) is 15.4. The minimum atomic E-state index is -0.617. The second-order valence-corrected chi connectivity index (χ2v) is 5.08. The average molecular weight is 326 g/mol. The number of carbonyl (C=O) groups excluding carboxylic acids is 1. The van der Waals surface area contributed by atoms with Crippen molar-refractivity contribution in [1.82, 2.24) is 19.9 Å². The highest BCUT2D eigenvalue weighted by atomic mass is 16.6. The molecule has 2 heterocycles. The molecule has 24 heavy (non-hydrogen) atoms. The van der Waals surface area contributed by atoms with Crippen LogP contribution in [0.5, 0.6) is 0 Å². The van der Waals surface area contributed by atoms with E-state index in [4.69, 9.17) is 5.73 Å². The molecule has 0 spiro atoms. The average Bonchev–Trinajstić information content (AvgIpc) is 2.98. The van der Waals surface area contributed by atoms with Crippen LogP contribution in [0.4, 0.5) is 11.4 Å². The summed E-state index contributed by atoms with van der Waals surface area (Å²) in [6.07, 6.45) is 2.32. The minimum absolute atomic E-state index is 0.0199. The summed E-state index contributed by atoms with van der Waals surface area (Å²) in [5.41, 5.74) is 6.16. The Morgan fingerprint density at radius 2 is 2.12 bits per heavy atom. The molecule has 2 aromatic heterocycles. The molecular formula is C15H14N6O3. The van der Waals surface area contributed by atoms with Gasteiger partial charge in [0.25, 0.3) is 11.6 Å². The maximum atomic E-state index is 12.1. The van der Waals surface area contributed by atoms with Crippen molar-refractivity contribution in [2.75, 3.05) is 12.3 Å². The van der Waals surface area contributed by atoms with Crippen molar-refractivity contribution < 1.29 is 9.72 Å². The molecule has 0 bridgehead atoms. The zero-order valence-electron chi connectivity index (χ0n) is 12.5. The highest BCUT2D eigenvalue weighted by Crippen LogP contribution is 2.22. The summed E-state index contributed by atoms with van der Waals surface area (Å²) in [5, 5.41) is 21.7. The van der Waals surface area contributed by atoms with Gasteiger partial charge in [-0.25, -0.2) is 0 Å². The van der Waals surface area contributed by atoms with Crippen molar-refractivity contribution in [3.05, 3.63) is 64.1 Å². The van der Waals surface area contributed by atoms with Crippen LogP contribution in [0, 0.1) is 10.1 Å². The van der Waals surface area contributed by atoms with Gasteiger partial charge < -0.3 is 11.1 Å². The van der Waals surface area contributed by atoms with E-state index in [0.717, 1.165) is 11.7 Å². The molecule has 0 aliphatic heterocycles. The van der Waals surface area contributed by atoms with Gasteiger partial charge in [0.05, 0.1) is 4.92 Å². The Bertz CT molecular complexity index is 920. The number of fused-ring (bicyclic) bond motifs is 1. The third kappa shape index (κ3) is 3.00. The second kappa shape index (κ2) is 6.32. The van der Waals surface area contributed by atoms with E-state index in [1.807, 2.05) is 28.8 Å². The van der Waals surface area contributed by atoms with Crippen LogP contribution in [0.2, 0.25) is 0 Å². The Morgan fingerprint density at radius 1 is 1.29 bits per heavy atom. The molecular weight excluding hydrogens is 312 g/mol. The van der Waals surface area contributed by atoms with E-state index in [2.05, 4.69) is 15.5 Å². The number of amides is 1. The summed E-state index contributed by atoms with van der Waals surface area (Å²) < 4.78 is 1.83. The molecule has 0 saturated carbocycles. The number of rotatable bonds is 5. The summed E-state index contributed by atoms with van der Waals surface area (Å²) in [7, 11) is 0. The molecule has 0 fully saturated rings. The van der Waals surface area contributed by atoms with E-state index in [1.54, 1.807) is 0 Å². The number of aromatic nitrogens is 3. The van der Waals surface area contributed by atoms with Crippen LogP contribution < -0.4 is 11.1 Å². The van der Waals surface area contributed by atoms with E-state index in [0.29, 0.717) is 18.8 Å². The summed E-state index contributed by atoms with van der Waals surface area (Å²) >= 11 is 0. The van der Waals surface area contributed by atoms with Crippen LogP contribution in [0.3, 0.4) is 0 Å². The SMILES string of the molecule is Nc1ccc(C(=O)NCCc2nnc3ccccn23)cc1[N+](=O)[O-]. The van der Waals surface area contributed by atoms with Crippen LogP contribution >= 0.6 is 0 Å². The first-order valence-corrected chi connectivity index (χ1v) is 7.17. The molecule has 1 aromatic carbocycles. The highest BCUT2D eigenvalue weighted by molar-refractivity contribution is 5.95. The fraction of sp³-hybridized carbons (Fsp3) is 0.133. The monoisotopic (exact) mass is 326 g/mol. The van der Waals surface area contributed by atoms with Gasteiger partial charge >= 0.3 is 0 Å². The van der Waals surface area contributed by atoms with Crippen molar-refractivity contribution in [3.8, 4) is 0 Å². The largest absolute Gasteiger partial charge is 0.393 e. The number of nitro groups is 1. The number of pyridine rings is 1. The molecule has 0 radical (unpaired) electrons. The Morgan fingerprint density at radius 3 is 2.92 bits per heavy atom. The van der Waals surface area contributed by atoms with E-state index < -0.39 is 10.8 Å². The minimum Gasteiger partial charge on any atom is -0.393 e. The number of anilines is 1. The Kier molecular flexibility index (Phi) is 4.06. The third-order valence-electron chi connectivity index (χ3n) is 3.51. The number of hydrogen-bond donors (Lipinski definition) is 2. The lowest BCUT2D eigenvalue weighted by molar-refractivity contribution is -0.383. The van der Waals surface area contributed by atoms with Gasteiger partial charge in [0, 0.05) is 30.8 Å². The van der Waals surface area contributed by atoms with E-state index >= 15 is 0 Å². The van der Waals surface area contributed by atoms with Gasteiger partial charge in [-0.15, -0.1) is 10.2 Å². The molecule has 9 nitrogen and oxygen atoms in total. The molecule has 3 aromatic rings. The highest BCUT2D eigenvalue weighted by Gasteiger charge is 2.15. The molecule has 0 aliphatic carbocycles. The third-order valence-corrected chi connectivity index (χ3v) is 3.51. The molecule has 1 amide bonds. The number of nitrogen functional groups attached to an aromatic ring is 1. The quantitative estimate of drug-likeness (QED) is 0.412. The zero-order chi connectivity index (χ0) is 17.1. The molecule has 3 rings (SSSR count). The predicted octanol–water partition coefficient (Wildman–Crippen LogP) is 1.19. The van der Waals surface area contributed by atoms with Gasteiger partial charge in [-0.2, -0.15) is 0 Å². The van der Waals surface area contributed by atoms with Crippen LogP contribution in [0.25, 0.3) is 5.65 Å². The fourth-order valence-corrected chi connectivity index (χ4v) is 2.29. The van der Waals surface area contributed by atoms with Crippen molar-refractivity contribution in [1.29, 1.82) is 0 Å². The van der Waals surface area contributed by atoms with Crippen LogP contribution in [0.1, 0.15) is 16.2 Å². The van der Waals surface area contributed by atoms with Gasteiger partial charge in [0.15, 0.2) is 5.65 Å². The Balaban J connectivity index is 1.66. The fourth-order valence-electron chi connectivity index (χ4n) is 2.29. The second-order valence-electron chi connectivity index (χ2n) is 5.08. The molecule has 9 heteroatoms. The number of hydrogen-bond acceptors (Lipinski definition) is 6. The maximum absolute atomic E-state index is 12.1. The lowest BCUT2D eigenvalue weighted by atomic mass is 10.1. The van der Waals surface area contributed by atoms with Crippen LogP contribution in [-0.4, -0.2) is 32.0 Å². The molecule has 3 N–H and O–H groups in total. The van der Waals surface area contributed by atoms with Crippen LogP contribution in [0.15, 0.2) is 42.6 Å². The van der Waals surface area contributed by atoms with Gasteiger partial charge in [0.1, 0.15) is 11.5 Å². The van der Waals surface area contributed by atoms with Crippen LogP contribution in [-0.2, 0) is 6.42 Å². The van der Waals surface area contributed by atoms with E-state index in [1.165, 1.54) is 12.1 Å². The first-order valence-electron chi connectivity index (χ1n) is 7.17. The van der Waals surface area contributed by atoms with Gasteiger partial charge in [-0.3, -0.25) is 19.3 Å². The maximum Gasteiger partial charge on any atom is 0.292 e. The summed E-state index contributed by atoms with van der Waals surface area (Å²) in [4.78, 5) is 22.4. The molecule has 0 saturated heterocycles. The van der Waals surface area contributed by atoms with Gasteiger partial charge in [0.2, 0.25) is 0 Å². The zero-order valence-corrected chi connectivity index (χ0v) is 12.5. The van der Waals surface area contributed by atoms with Crippen molar-refractivity contribution >= 4 is 22.9 Å².